The molecule has 0 spiro atoms. The van der Waals surface area contributed by atoms with Crippen molar-refractivity contribution in [2.45, 2.75) is 20.1 Å². The van der Waals surface area contributed by atoms with Gasteiger partial charge in [0, 0.05) is 12.5 Å². The molecule has 0 aliphatic heterocycles. The minimum absolute atomic E-state index is 0.0638. The van der Waals surface area contributed by atoms with Gasteiger partial charge in [-0.25, -0.2) is 0 Å². The molecule has 88 valence electrons. The number of carbonyl (C=O) groups excluding carboxylic acids is 1. The van der Waals surface area contributed by atoms with Crippen molar-refractivity contribution in [3.8, 4) is 0 Å². The zero-order chi connectivity index (χ0) is 12.3. The lowest BCUT2D eigenvalue weighted by Gasteiger charge is -1.99. The third-order valence-corrected chi connectivity index (χ3v) is 3.76. The fourth-order valence-corrected chi connectivity index (χ4v) is 2.46. The van der Waals surface area contributed by atoms with E-state index in [1.165, 1.54) is 11.3 Å². The lowest BCUT2D eigenvalue weighted by atomic mass is 10.1. The maximum absolute atomic E-state index is 12.0. The van der Waals surface area contributed by atoms with Gasteiger partial charge in [-0.2, -0.15) is 4.57 Å². The van der Waals surface area contributed by atoms with E-state index in [9.17, 15) is 9.90 Å². The highest BCUT2D eigenvalue weighted by molar-refractivity contribution is 7.09. The summed E-state index contributed by atoms with van der Waals surface area (Å²) in [6.07, 6.45) is 0. The van der Waals surface area contributed by atoms with E-state index in [-0.39, 0.29) is 12.4 Å². The van der Waals surface area contributed by atoms with Crippen LogP contribution in [0.5, 0.6) is 0 Å². The van der Waals surface area contributed by atoms with Gasteiger partial charge in [0.25, 0.3) is 0 Å². The second kappa shape index (κ2) is 5.21. The van der Waals surface area contributed by atoms with Gasteiger partial charge in [0.2, 0.25) is 17.8 Å². The Kier molecular flexibility index (Phi) is 3.66. The van der Waals surface area contributed by atoms with Gasteiger partial charge in [0.1, 0.15) is 0 Å². The molecule has 4 heteroatoms. The number of hydrogen-bond acceptors (Lipinski definition) is 3. The number of rotatable bonds is 4. The Labute approximate surface area is 104 Å². The highest BCUT2D eigenvalue weighted by Crippen LogP contribution is 2.09. The molecule has 0 N–H and O–H groups in total. The average Bonchev–Trinajstić information content (AvgIpc) is 2.71. The Morgan fingerprint density at radius 2 is 2.06 bits per heavy atom. The van der Waals surface area contributed by atoms with Crippen molar-refractivity contribution in [2.75, 3.05) is 0 Å². The Morgan fingerprint density at radius 3 is 2.65 bits per heavy atom. The molecule has 0 saturated carbocycles. The number of ketones is 1. The molecule has 2 aromatic rings. The van der Waals surface area contributed by atoms with Crippen LogP contribution < -0.4 is 9.67 Å². The zero-order valence-electron chi connectivity index (χ0n) is 9.55. The number of thiazole rings is 1. The minimum atomic E-state index is -0.219. The molecule has 1 aromatic heterocycles. The molecule has 0 unspecified atom stereocenters. The molecule has 0 aliphatic carbocycles. The van der Waals surface area contributed by atoms with Gasteiger partial charge in [0.05, 0.1) is 4.88 Å². The summed E-state index contributed by atoms with van der Waals surface area (Å²) in [6, 6.07) is 9.19. The molecule has 0 radical (unpaired) electrons. The smallest absolute Gasteiger partial charge is 0.227 e. The quantitative estimate of drug-likeness (QED) is 0.599. The number of nitrogens with zero attached hydrogens (tertiary/aromatic N) is 1. The Balaban J connectivity index is 2.16. The lowest BCUT2D eigenvalue weighted by Crippen LogP contribution is -2.38. The summed E-state index contributed by atoms with van der Waals surface area (Å²) in [7, 11) is 0. The van der Waals surface area contributed by atoms with Crippen molar-refractivity contribution in [3.63, 3.8) is 0 Å². The molecule has 1 heterocycles. The fourth-order valence-electron chi connectivity index (χ4n) is 1.62. The van der Waals surface area contributed by atoms with Crippen molar-refractivity contribution < 1.29 is 14.5 Å². The van der Waals surface area contributed by atoms with Crippen LogP contribution in [-0.4, -0.2) is 5.78 Å². The van der Waals surface area contributed by atoms with Crippen LogP contribution in [0.3, 0.4) is 0 Å². The number of carbonyl (C=O) groups is 1. The van der Waals surface area contributed by atoms with Crippen LogP contribution in [-0.2, 0) is 13.2 Å². The molecule has 0 amide bonds. The maximum Gasteiger partial charge on any atom is 0.227 e. The monoisotopic (exact) mass is 247 g/mol. The first-order chi connectivity index (χ1) is 8.22. The van der Waals surface area contributed by atoms with Gasteiger partial charge in [-0.1, -0.05) is 48.3 Å². The van der Waals surface area contributed by atoms with Crippen LogP contribution in [0.15, 0.2) is 35.8 Å². The molecule has 1 aromatic carbocycles. The SMILES string of the molecule is Cc1c(C[O-])sc[n+]1CC(=O)c1ccccc1. The zero-order valence-corrected chi connectivity index (χ0v) is 10.4. The first kappa shape index (κ1) is 12.0. The highest BCUT2D eigenvalue weighted by atomic mass is 32.1. The van der Waals surface area contributed by atoms with Crippen LogP contribution in [0, 0.1) is 6.92 Å². The van der Waals surface area contributed by atoms with E-state index >= 15 is 0 Å². The molecule has 17 heavy (non-hydrogen) atoms. The Bertz CT molecular complexity index is 519. The Hall–Kier alpha value is -1.52. The molecule has 0 fully saturated rings. The van der Waals surface area contributed by atoms with Gasteiger partial charge < -0.3 is 5.11 Å². The molecule has 0 saturated heterocycles. The number of Topliss-reactive ketones (excluding diaryl/α,β-unsaturated/α-hetero) is 1. The topological polar surface area (TPSA) is 44.0 Å². The minimum Gasteiger partial charge on any atom is -0.850 e. The molecule has 0 bridgehead atoms. The van der Waals surface area contributed by atoms with E-state index < -0.39 is 0 Å². The summed E-state index contributed by atoms with van der Waals surface area (Å²) in [4.78, 5) is 12.8. The van der Waals surface area contributed by atoms with E-state index in [2.05, 4.69) is 0 Å². The molecular weight excluding hydrogens is 234 g/mol. The van der Waals surface area contributed by atoms with Gasteiger partial charge in [-0.05, 0) is 0 Å². The van der Waals surface area contributed by atoms with Crippen molar-refractivity contribution >= 4 is 17.1 Å². The van der Waals surface area contributed by atoms with Crippen LogP contribution in [0.2, 0.25) is 0 Å². The summed E-state index contributed by atoms with van der Waals surface area (Å²) in [5, 5.41) is 10.8. The lowest BCUT2D eigenvalue weighted by molar-refractivity contribution is -0.684. The number of aromatic nitrogens is 1. The van der Waals surface area contributed by atoms with E-state index in [1.807, 2.05) is 35.2 Å². The van der Waals surface area contributed by atoms with Gasteiger partial charge in [-0.15, -0.1) is 0 Å². The van der Waals surface area contributed by atoms with E-state index in [1.54, 1.807) is 12.1 Å². The summed E-state index contributed by atoms with van der Waals surface area (Å²) in [5.41, 5.74) is 3.44. The third-order valence-electron chi connectivity index (χ3n) is 2.70. The molecular formula is C13H13NO2S. The van der Waals surface area contributed by atoms with Crippen LogP contribution >= 0.6 is 11.3 Å². The van der Waals surface area contributed by atoms with E-state index in [4.69, 9.17) is 0 Å². The summed E-state index contributed by atoms with van der Waals surface area (Å²) in [6.45, 7) is 1.96. The van der Waals surface area contributed by atoms with Crippen LogP contribution in [0.1, 0.15) is 20.9 Å². The largest absolute Gasteiger partial charge is 0.850 e. The van der Waals surface area contributed by atoms with Gasteiger partial charge in [0.15, 0.2) is 5.69 Å². The van der Waals surface area contributed by atoms with Crippen LogP contribution in [0.25, 0.3) is 0 Å². The molecule has 0 atom stereocenters. The van der Waals surface area contributed by atoms with Gasteiger partial charge >= 0.3 is 0 Å². The predicted molar refractivity (Wildman–Crippen MR) is 63.7 cm³/mol. The molecule has 0 aliphatic rings. The fraction of sp³-hybridized carbons (Fsp3) is 0.231. The third kappa shape index (κ3) is 2.60. The van der Waals surface area contributed by atoms with E-state index in [0.29, 0.717) is 12.1 Å². The first-order valence-electron chi connectivity index (χ1n) is 5.35. The second-order valence-corrected chi connectivity index (χ2v) is 4.73. The first-order valence-corrected chi connectivity index (χ1v) is 6.23. The second-order valence-electron chi connectivity index (χ2n) is 3.79. The van der Waals surface area contributed by atoms with Gasteiger partial charge in [-0.3, -0.25) is 4.79 Å². The number of hydrogen-bond donors (Lipinski definition) is 0. The summed E-state index contributed by atoms with van der Waals surface area (Å²) >= 11 is 1.41. The normalized spacial score (nSPS) is 10.5. The highest BCUT2D eigenvalue weighted by Gasteiger charge is 2.17. The van der Waals surface area contributed by atoms with Crippen molar-refractivity contribution in [1.82, 2.24) is 0 Å². The molecule has 3 nitrogen and oxygen atoms in total. The Morgan fingerprint density at radius 1 is 1.35 bits per heavy atom. The predicted octanol–water partition coefficient (Wildman–Crippen LogP) is 1.09. The number of benzene rings is 1. The summed E-state index contributed by atoms with van der Waals surface area (Å²) < 4.78 is 1.84. The molecule has 2 rings (SSSR count). The van der Waals surface area contributed by atoms with Crippen LogP contribution in [0.4, 0.5) is 0 Å². The average molecular weight is 247 g/mol. The standard InChI is InChI=1S/C13H13NO2S/c1-10-13(8-15)17-9-14(10)7-12(16)11-5-3-2-4-6-11/h2-6,9H,7-8H2,1H3. The van der Waals surface area contributed by atoms with Crippen molar-refractivity contribution in [3.05, 3.63) is 52.0 Å². The van der Waals surface area contributed by atoms with Crippen molar-refractivity contribution in [1.29, 1.82) is 0 Å². The maximum atomic E-state index is 12.0. The van der Waals surface area contributed by atoms with E-state index in [0.717, 1.165) is 10.6 Å². The summed E-state index contributed by atoms with van der Waals surface area (Å²) in [5.74, 6) is 0.0638. The van der Waals surface area contributed by atoms with Crippen molar-refractivity contribution in [2.24, 2.45) is 0 Å².